The molecule has 1 aliphatic rings. The van der Waals surface area contributed by atoms with Crippen LogP contribution in [0.25, 0.3) is 0 Å². The van der Waals surface area contributed by atoms with E-state index in [-0.39, 0.29) is 11.9 Å². The van der Waals surface area contributed by atoms with Gasteiger partial charge in [-0.05, 0) is 35.6 Å². The van der Waals surface area contributed by atoms with Crippen molar-refractivity contribution in [3.63, 3.8) is 0 Å². The number of imidazole rings is 1. The van der Waals surface area contributed by atoms with Crippen LogP contribution in [0.5, 0.6) is 0 Å². The quantitative estimate of drug-likeness (QED) is 0.652. The third kappa shape index (κ3) is 3.23. The standard InChI is InChI=1S/C12H20N4O3/c1-9-14-12(16(17)18)11(15(9)2)13-7-6-10-5-3-4-8-19-10/h10,13H,3-8H2,1-2H3. The SMILES string of the molecule is Cc1nc([N+](=O)[O-])c(NCCC2CCCCO2)n1C. The first-order valence-corrected chi connectivity index (χ1v) is 6.62. The molecule has 19 heavy (non-hydrogen) atoms. The van der Waals surface area contributed by atoms with Gasteiger partial charge in [-0.3, -0.25) is 4.57 Å². The molecule has 0 radical (unpaired) electrons. The van der Waals surface area contributed by atoms with E-state index in [1.165, 1.54) is 6.42 Å². The van der Waals surface area contributed by atoms with E-state index in [4.69, 9.17) is 4.74 Å². The molecule has 0 amide bonds. The number of nitrogens with zero attached hydrogens (tertiary/aromatic N) is 3. The average Bonchev–Trinajstić information content (AvgIpc) is 2.68. The smallest absolute Gasteiger partial charge is 0.378 e. The minimum Gasteiger partial charge on any atom is -0.378 e. The van der Waals surface area contributed by atoms with E-state index < -0.39 is 4.92 Å². The van der Waals surface area contributed by atoms with E-state index in [0.29, 0.717) is 18.2 Å². The average molecular weight is 268 g/mol. The molecule has 1 saturated heterocycles. The van der Waals surface area contributed by atoms with Gasteiger partial charge < -0.3 is 20.2 Å². The van der Waals surface area contributed by atoms with Gasteiger partial charge in [0.2, 0.25) is 11.6 Å². The van der Waals surface area contributed by atoms with E-state index in [2.05, 4.69) is 10.3 Å². The monoisotopic (exact) mass is 268 g/mol. The Morgan fingerprint density at radius 3 is 3.00 bits per heavy atom. The van der Waals surface area contributed by atoms with Gasteiger partial charge in [-0.15, -0.1) is 0 Å². The summed E-state index contributed by atoms with van der Waals surface area (Å²) in [5, 5.41) is 14.0. The van der Waals surface area contributed by atoms with E-state index in [1.807, 2.05) is 0 Å². The molecule has 0 saturated carbocycles. The van der Waals surface area contributed by atoms with Crippen LogP contribution in [0.15, 0.2) is 0 Å². The van der Waals surface area contributed by atoms with Gasteiger partial charge >= 0.3 is 5.82 Å². The summed E-state index contributed by atoms with van der Waals surface area (Å²) in [6.07, 6.45) is 4.55. The van der Waals surface area contributed by atoms with Crippen molar-refractivity contribution in [1.29, 1.82) is 0 Å². The normalized spacial score (nSPS) is 19.4. The van der Waals surface area contributed by atoms with Gasteiger partial charge in [0, 0.05) is 27.1 Å². The summed E-state index contributed by atoms with van der Waals surface area (Å²) in [6, 6.07) is 0. The topological polar surface area (TPSA) is 82.2 Å². The zero-order chi connectivity index (χ0) is 13.8. The number of hydrogen-bond donors (Lipinski definition) is 1. The number of nitro groups is 1. The van der Waals surface area contributed by atoms with Crippen LogP contribution in [0.2, 0.25) is 0 Å². The molecule has 0 spiro atoms. The van der Waals surface area contributed by atoms with Crippen molar-refractivity contribution < 1.29 is 9.66 Å². The fourth-order valence-corrected chi connectivity index (χ4v) is 2.30. The summed E-state index contributed by atoms with van der Waals surface area (Å²) in [4.78, 5) is 14.4. The van der Waals surface area contributed by atoms with Crippen LogP contribution in [-0.4, -0.2) is 33.7 Å². The number of aromatic nitrogens is 2. The number of nitrogens with one attached hydrogen (secondary N) is 1. The van der Waals surface area contributed by atoms with E-state index >= 15 is 0 Å². The Kier molecular flexibility index (Phi) is 4.36. The van der Waals surface area contributed by atoms with Crippen LogP contribution < -0.4 is 5.32 Å². The van der Waals surface area contributed by atoms with Crippen molar-refractivity contribution in [2.45, 2.75) is 38.7 Å². The Hall–Kier alpha value is -1.63. The molecule has 2 heterocycles. The molecule has 0 bridgehead atoms. The maximum absolute atomic E-state index is 10.9. The summed E-state index contributed by atoms with van der Waals surface area (Å²) < 4.78 is 7.34. The van der Waals surface area contributed by atoms with Gasteiger partial charge in [-0.1, -0.05) is 0 Å². The summed E-state index contributed by atoms with van der Waals surface area (Å²) in [7, 11) is 1.77. The van der Waals surface area contributed by atoms with Gasteiger partial charge in [0.05, 0.1) is 6.10 Å². The molecular weight excluding hydrogens is 248 g/mol. The Morgan fingerprint density at radius 1 is 1.58 bits per heavy atom. The molecule has 106 valence electrons. The minimum atomic E-state index is -0.452. The van der Waals surface area contributed by atoms with E-state index in [1.54, 1.807) is 18.5 Å². The van der Waals surface area contributed by atoms with E-state index in [0.717, 1.165) is 25.9 Å². The lowest BCUT2D eigenvalue weighted by Crippen LogP contribution is -2.22. The highest BCUT2D eigenvalue weighted by Crippen LogP contribution is 2.24. The molecule has 1 fully saturated rings. The minimum absolute atomic E-state index is 0.107. The van der Waals surface area contributed by atoms with Crippen LogP contribution in [0, 0.1) is 17.0 Å². The fourth-order valence-electron chi connectivity index (χ4n) is 2.30. The lowest BCUT2D eigenvalue weighted by atomic mass is 10.1. The molecular formula is C12H20N4O3. The Balaban J connectivity index is 1.93. The predicted octanol–water partition coefficient (Wildman–Crippen LogP) is 2.01. The predicted molar refractivity (Wildman–Crippen MR) is 71.3 cm³/mol. The van der Waals surface area contributed by atoms with Crippen molar-refractivity contribution in [2.75, 3.05) is 18.5 Å². The van der Waals surface area contributed by atoms with Crippen LogP contribution in [0.3, 0.4) is 0 Å². The highest BCUT2D eigenvalue weighted by molar-refractivity contribution is 5.53. The Labute approximate surface area is 112 Å². The van der Waals surface area contributed by atoms with Crippen LogP contribution >= 0.6 is 0 Å². The van der Waals surface area contributed by atoms with Crippen molar-refractivity contribution in [3.8, 4) is 0 Å². The number of anilines is 1. The first-order valence-electron chi connectivity index (χ1n) is 6.62. The molecule has 1 aromatic heterocycles. The second kappa shape index (κ2) is 6.01. The Morgan fingerprint density at radius 2 is 2.37 bits per heavy atom. The number of ether oxygens (including phenoxy) is 1. The summed E-state index contributed by atoms with van der Waals surface area (Å²) >= 11 is 0. The summed E-state index contributed by atoms with van der Waals surface area (Å²) in [5.74, 6) is 0.992. The molecule has 7 nitrogen and oxygen atoms in total. The second-order valence-corrected chi connectivity index (χ2v) is 4.85. The lowest BCUT2D eigenvalue weighted by Gasteiger charge is -2.22. The molecule has 1 aromatic rings. The van der Waals surface area contributed by atoms with Crippen LogP contribution in [-0.2, 0) is 11.8 Å². The van der Waals surface area contributed by atoms with Crippen molar-refractivity contribution in [1.82, 2.24) is 9.55 Å². The number of rotatable bonds is 5. The maximum atomic E-state index is 10.9. The molecule has 1 N–H and O–H groups in total. The molecule has 1 aliphatic heterocycles. The molecule has 0 aliphatic carbocycles. The summed E-state index contributed by atoms with van der Waals surface area (Å²) in [6.45, 7) is 3.24. The highest BCUT2D eigenvalue weighted by atomic mass is 16.6. The summed E-state index contributed by atoms with van der Waals surface area (Å²) in [5.41, 5.74) is 0. The van der Waals surface area contributed by atoms with Crippen molar-refractivity contribution in [3.05, 3.63) is 15.9 Å². The molecule has 0 aromatic carbocycles. The second-order valence-electron chi connectivity index (χ2n) is 4.85. The van der Waals surface area contributed by atoms with Crippen LogP contribution in [0.4, 0.5) is 11.6 Å². The molecule has 7 heteroatoms. The number of hydrogen-bond acceptors (Lipinski definition) is 5. The van der Waals surface area contributed by atoms with Gasteiger partial charge in [0.15, 0.2) is 0 Å². The zero-order valence-electron chi connectivity index (χ0n) is 11.4. The molecule has 2 rings (SSSR count). The molecule has 1 atom stereocenters. The first kappa shape index (κ1) is 13.8. The third-order valence-corrected chi connectivity index (χ3v) is 3.51. The maximum Gasteiger partial charge on any atom is 0.406 e. The first-order chi connectivity index (χ1) is 9.09. The number of aryl methyl sites for hydroxylation is 1. The highest BCUT2D eigenvalue weighted by Gasteiger charge is 2.23. The van der Waals surface area contributed by atoms with Crippen LogP contribution in [0.1, 0.15) is 31.5 Å². The molecule has 1 unspecified atom stereocenters. The van der Waals surface area contributed by atoms with Gasteiger partial charge in [0.25, 0.3) is 0 Å². The third-order valence-electron chi connectivity index (χ3n) is 3.51. The zero-order valence-corrected chi connectivity index (χ0v) is 11.4. The van der Waals surface area contributed by atoms with Gasteiger partial charge in [-0.25, -0.2) is 0 Å². The van der Waals surface area contributed by atoms with Crippen molar-refractivity contribution >= 4 is 11.6 Å². The van der Waals surface area contributed by atoms with E-state index in [9.17, 15) is 10.1 Å². The lowest BCUT2D eigenvalue weighted by molar-refractivity contribution is -0.388. The van der Waals surface area contributed by atoms with Gasteiger partial charge in [0.1, 0.15) is 0 Å². The Bertz CT molecular complexity index is 452. The van der Waals surface area contributed by atoms with Gasteiger partial charge in [-0.2, -0.15) is 0 Å². The largest absolute Gasteiger partial charge is 0.406 e. The van der Waals surface area contributed by atoms with Crippen molar-refractivity contribution in [2.24, 2.45) is 7.05 Å². The fraction of sp³-hybridized carbons (Fsp3) is 0.750.